The highest BCUT2D eigenvalue weighted by Gasteiger charge is 2.15. The van der Waals surface area contributed by atoms with Gasteiger partial charge in [0.25, 0.3) is 0 Å². The van der Waals surface area contributed by atoms with Crippen LogP contribution in [0.1, 0.15) is 34.6 Å². The van der Waals surface area contributed by atoms with Crippen LogP contribution in [0.3, 0.4) is 0 Å². The van der Waals surface area contributed by atoms with E-state index in [-0.39, 0.29) is 22.7 Å². The lowest BCUT2D eigenvalue weighted by molar-refractivity contribution is -0.255. The van der Waals surface area contributed by atoms with E-state index in [2.05, 4.69) is 0 Å². The van der Waals surface area contributed by atoms with Crippen LogP contribution in [0, 0.1) is 0 Å². The number of carbonyl (C=O) groups is 3. The minimum atomic E-state index is -1.50. The molecule has 0 N–H and O–H groups in total. The SMILES string of the molecule is CC(=O)Oc1c(C(C)=O)cccc1C(=O)[O-]. The zero-order chi connectivity index (χ0) is 12.3. The third-order valence-electron chi connectivity index (χ3n) is 1.86. The zero-order valence-electron chi connectivity index (χ0n) is 8.77. The van der Waals surface area contributed by atoms with Gasteiger partial charge in [-0.05, 0) is 19.1 Å². The van der Waals surface area contributed by atoms with Crippen LogP contribution in [0.15, 0.2) is 18.2 Å². The van der Waals surface area contributed by atoms with E-state index < -0.39 is 11.9 Å². The van der Waals surface area contributed by atoms with Gasteiger partial charge >= 0.3 is 5.97 Å². The predicted molar refractivity (Wildman–Crippen MR) is 52.1 cm³/mol. The van der Waals surface area contributed by atoms with Crippen LogP contribution in [0.2, 0.25) is 0 Å². The fourth-order valence-electron chi connectivity index (χ4n) is 1.23. The van der Waals surface area contributed by atoms with E-state index >= 15 is 0 Å². The fraction of sp³-hybridized carbons (Fsp3) is 0.182. The molecule has 0 spiro atoms. The fourth-order valence-corrected chi connectivity index (χ4v) is 1.23. The van der Waals surface area contributed by atoms with Gasteiger partial charge < -0.3 is 14.6 Å². The van der Waals surface area contributed by atoms with Gasteiger partial charge in [0.05, 0.1) is 11.5 Å². The molecule has 5 heteroatoms. The molecule has 0 bridgehead atoms. The lowest BCUT2D eigenvalue weighted by Gasteiger charge is -2.12. The quantitative estimate of drug-likeness (QED) is 0.413. The second-order valence-electron chi connectivity index (χ2n) is 3.12. The van der Waals surface area contributed by atoms with Crippen LogP contribution in [0.5, 0.6) is 5.75 Å². The summed E-state index contributed by atoms with van der Waals surface area (Å²) in [7, 11) is 0. The average Bonchev–Trinajstić information content (AvgIpc) is 2.16. The summed E-state index contributed by atoms with van der Waals surface area (Å²) in [4.78, 5) is 32.8. The van der Waals surface area contributed by atoms with Crippen molar-refractivity contribution in [3.05, 3.63) is 29.3 Å². The Bertz CT molecular complexity index is 429. The first kappa shape index (κ1) is 11.9. The number of rotatable bonds is 3. The van der Waals surface area contributed by atoms with Crippen molar-refractivity contribution in [3.63, 3.8) is 0 Å². The van der Waals surface area contributed by atoms with Crippen molar-refractivity contribution in [1.82, 2.24) is 0 Å². The van der Waals surface area contributed by atoms with Gasteiger partial charge in [0.15, 0.2) is 11.5 Å². The van der Waals surface area contributed by atoms with E-state index in [0.29, 0.717) is 0 Å². The van der Waals surface area contributed by atoms with E-state index in [1.807, 2.05) is 0 Å². The molecule has 1 aromatic rings. The number of benzene rings is 1. The molecular formula is C11H9O5-. The number of carboxylic acids is 1. The number of esters is 1. The molecule has 0 aliphatic rings. The molecule has 0 saturated heterocycles. The maximum Gasteiger partial charge on any atom is 0.308 e. The number of hydrogen-bond acceptors (Lipinski definition) is 5. The lowest BCUT2D eigenvalue weighted by Crippen LogP contribution is -2.24. The molecule has 0 aliphatic heterocycles. The molecule has 0 amide bonds. The van der Waals surface area contributed by atoms with Crippen molar-refractivity contribution < 1.29 is 24.2 Å². The molecule has 5 nitrogen and oxygen atoms in total. The van der Waals surface area contributed by atoms with Gasteiger partial charge in [-0.1, -0.05) is 6.07 Å². The van der Waals surface area contributed by atoms with Gasteiger partial charge in [-0.3, -0.25) is 9.59 Å². The van der Waals surface area contributed by atoms with E-state index in [9.17, 15) is 19.5 Å². The van der Waals surface area contributed by atoms with E-state index in [1.54, 1.807) is 0 Å². The monoisotopic (exact) mass is 221 g/mol. The van der Waals surface area contributed by atoms with Crippen LogP contribution in [0.4, 0.5) is 0 Å². The van der Waals surface area contributed by atoms with Gasteiger partial charge in [-0.25, -0.2) is 0 Å². The molecule has 0 fully saturated rings. The molecule has 0 radical (unpaired) electrons. The number of ether oxygens (including phenoxy) is 1. The van der Waals surface area contributed by atoms with Gasteiger partial charge in [0.2, 0.25) is 0 Å². The Kier molecular flexibility index (Phi) is 3.40. The Morgan fingerprint density at radius 1 is 1.12 bits per heavy atom. The van der Waals surface area contributed by atoms with Crippen LogP contribution < -0.4 is 9.84 Å². The molecular weight excluding hydrogens is 212 g/mol. The highest BCUT2D eigenvalue weighted by Crippen LogP contribution is 2.24. The summed E-state index contributed by atoms with van der Waals surface area (Å²) in [6.45, 7) is 2.37. The predicted octanol–water partition coefficient (Wildman–Crippen LogP) is 0.178. The van der Waals surface area contributed by atoms with Gasteiger partial charge in [-0.15, -0.1) is 0 Å². The number of carboxylic acid groups (broad SMARTS) is 1. The van der Waals surface area contributed by atoms with Gasteiger partial charge in [-0.2, -0.15) is 0 Å². The molecule has 0 unspecified atom stereocenters. The van der Waals surface area contributed by atoms with E-state index in [1.165, 1.54) is 25.1 Å². The number of Topliss-reactive ketones (excluding diaryl/α,β-unsaturated/α-hetero) is 1. The average molecular weight is 221 g/mol. The Labute approximate surface area is 91.6 Å². The topological polar surface area (TPSA) is 83.5 Å². The van der Waals surface area contributed by atoms with Crippen molar-refractivity contribution in [1.29, 1.82) is 0 Å². The summed E-state index contributed by atoms with van der Waals surface area (Å²) < 4.78 is 4.72. The highest BCUT2D eigenvalue weighted by molar-refractivity contribution is 6.02. The van der Waals surface area contributed by atoms with Crippen LogP contribution >= 0.6 is 0 Å². The zero-order valence-corrected chi connectivity index (χ0v) is 8.77. The van der Waals surface area contributed by atoms with E-state index in [4.69, 9.17) is 4.74 Å². The summed E-state index contributed by atoms with van der Waals surface area (Å²) in [5.41, 5.74) is -0.278. The molecule has 0 aliphatic carbocycles. The number of hydrogen-bond donors (Lipinski definition) is 0. The third-order valence-corrected chi connectivity index (χ3v) is 1.86. The van der Waals surface area contributed by atoms with Crippen molar-refractivity contribution in [3.8, 4) is 5.75 Å². The summed E-state index contributed by atoms with van der Waals surface area (Å²) in [5, 5.41) is 10.8. The third kappa shape index (κ3) is 2.44. The van der Waals surface area contributed by atoms with Crippen molar-refractivity contribution in [2.45, 2.75) is 13.8 Å². The smallest absolute Gasteiger partial charge is 0.308 e. The van der Waals surface area contributed by atoms with E-state index in [0.717, 1.165) is 6.92 Å². The second kappa shape index (κ2) is 4.57. The minimum absolute atomic E-state index is 0.0388. The highest BCUT2D eigenvalue weighted by atomic mass is 16.5. The molecule has 0 aromatic heterocycles. The Balaban J connectivity index is 3.40. The first-order valence-corrected chi connectivity index (χ1v) is 4.47. The summed E-state index contributed by atoms with van der Waals surface area (Å²) in [6.07, 6.45) is 0. The second-order valence-corrected chi connectivity index (χ2v) is 3.12. The molecule has 0 saturated carbocycles. The van der Waals surface area contributed by atoms with Crippen molar-refractivity contribution in [2.75, 3.05) is 0 Å². The lowest BCUT2D eigenvalue weighted by atomic mass is 10.1. The minimum Gasteiger partial charge on any atom is -0.545 e. The maximum absolute atomic E-state index is 11.2. The van der Waals surface area contributed by atoms with Crippen LogP contribution in [0.25, 0.3) is 0 Å². The Morgan fingerprint density at radius 3 is 2.12 bits per heavy atom. The maximum atomic E-state index is 11.2. The van der Waals surface area contributed by atoms with Crippen LogP contribution in [-0.2, 0) is 4.79 Å². The Morgan fingerprint density at radius 2 is 1.69 bits per heavy atom. The first-order chi connectivity index (χ1) is 7.43. The van der Waals surface area contributed by atoms with Gasteiger partial charge in [0, 0.05) is 12.5 Å². The largest absolute Gasteiger partial charge is 0.545 e. The first-order valence-electron chi connectivity index (χ1n) is 4.47. The van der Waals surface area contributed by atoms with Crippen molar-refractivity contribution in [2.24, 2.45) is 0 Å². The molecule has 0 atom stereocenters. The van der Waals surface area contributed by atoms with Gasteiger partial charge in [0.1, 0.15) is 0 Å². The number of carbonyl (C=O) groups excluding carboxylic acids is 3. The van der Waals surface area contributed by atoms with Crippen LogP contribution in [-0.4, -0.2) is 17.7 Å². The normalized spacial score (nSPS) is 9.62. The molecule has 84 valence electrons. The summed E-state index contributed by atoms with van der Waals surface area (Å²) >= 11 is 0. The summed E-state index contributed by atoms with van der Waals surface area (Å²) in [6, 6.07) is 3.97. The molecule has 1 aromatic carbocycles. The van der Waals surface area contributed by atoms with Crippen molar-refractivity contribution >= 4 is 17.7 Å². The Hall–Kier alpha value is -2.17. The number of ketones is 1. The number of para-hydroxylation sites is 1. The molecule has 16 heavy (non-hydrogen) atoms. The molecule has 1 rings (SSSR count). The number of aromatic carboxylic acids is 1. The molecule has 0 heterocycles. The standard InChI is InChI=1S/C11H10O5/c1-6(12)8-4-3-5-9(11(14)15)10(8)16-7(2)13/h3-5H,1-2H3,(H,14,15)/p-1. The summed E-state index contributed by atoms with van der Waals surface area (Å²) in [5.74, 6) is -2.85.